The van der Waals surface area contributed by atoms with E-state index in [1.807, 2.05) is 0 Å². The fourth-order valence-corrected chi connectivity index (χ4v) is 9.36. The molecule has 0 aromatic heterocycles. The zero-order valence-electron chi connectivity index (χ0n) is 35.8. The molecule has 0 fully saturated rings. The summed E-state index contributed by atoms with van der Waals surface area (Å²) >= 11 is 0. The Bertz CT molecular complexity index is 3910. The molecule has 0 atom stereocenters. The van der Waals surface area contributed by atoms with Gasteiger partial charge in [-0.3, -0.25) is 0 Å². The van der Waals surface area contributed by atoms with Crippen LogP contribution in [0.2, 0.25) is 0 Å². The summed E-state index contributed by atoms with van der Waals surface area (Å²) in [6.45, 7) is 0. The Labute approximate surface area is 475 Å². The summed E-state index contributed by atoms with van der Waals surface area (Å²) in [6, 6.07) is 25.9. The maximum absolute atomic E-state index is 12.3. The van der Waals surface area contributed by atoms with Crippen molar-refractivity contribution in [2.24, 2.45) is 30.7 Å². The molecule has 0 radical (unpaired) electrons. The average Bonchev–Trinajstić information content (AvgIpc) is 3.22. The Kier molecular flexibility index (Phi) is 18.6. The predicted molar refractivity (Wildman–Crippen MR) is 226 cm³/mol. The second-order valence-electron chi connectivity index (χ2n) is 13.7. The zero-order valence-corrected chi connectivity index (χ0v) is 47.1. The van der Waals surface area contributed by atoms with Gasteiger partial charge in [0.25, 0.3) is 0 Å². The maximum atomic E-state index is 12.3. The van der Waals surface area contributed by atoms with Gasteiger partial charge in [0.2, 0.25) is 0 Å². The Balaban J connectivity index is 0.00000252. The first kappa shape index (κ1) is 57.4. The van der Waals surface area contributed by atoms with Crippen LogP contribution in [0.15, 0.2) is 172 Å². The standard InChI is InChI=1S/C40H27N7O13S4.4Na/c41-23-9-11-27-22(16-23)17-37(64(58,59)60)39(40(27)48)47-44-33-15-14-32(28-12-10-25(20-30(28)33)61(49,50)51)43-46-38-26-5-2-1-4-21(26)8-13-34(38)45-42-24-18-31-29(36(19-24)63(55,56)57)6-3-7-35(31)62(52,53)54;;;;/h1-20,48H,41H2,(H,49,50,51)(H,52,53,54)(H,55,56,57)(H,58,59,60);;;;/q;4*+1/p-4. The van der Waals surface area contributed by atoms with Gasteiger partial charge < -0.3 is 29.1 Å². The molecule has 0 unspecified atom stereocenters. The van der Waals surface area contributed by atoms with Crippen LogP contribution in [0.3, 0.4) is 0 Å². The fourth-order valence-electron chi connectivity index (χ4n) is 6.82. The molecular formula is C40H23N7Na4O13S4. The van der Waals surface area contributed by atoms with Crippen LogP contribution < -0.4 is 124 Å². The first-order valence-corrected chi connectivity index (χ1v) is 23.5. The predicted octanol–water partition coefficient (Wildman–Crippen LogP) is -3.53. The number of nitrogens with two attached hydrogens (primary N) is 1. The van der Waals surface area contributed by atoms with E-state index in [1.54, 1.807) is 30.3 Å². The number of phenolic OH excluding ortho intramolecular Hbond substituents is 1. The second kappa shape index (κ2) is 22.1. The number of anilines is 1. The van der Waals surface area contributed by atoms with Crippen molar-refractivity contribution in [3.63, 3.8) is 0 Å². The summed E-state index contributed by atoms with van der Waals surface area (Å²) in [6.07, 6.45) is 0. The summed E-state index contributed by atoms with van der Waals surface area (Å²) < 4.78 is 146. The molecular weight excluding hydrogens is 1010 g/mol. The minimum atomic E-state index is -5.27. The normalized spacial score (nSPS) is 12.4. The summed E-state index contributed by atoms with van der Waals surface area (Å²) in [5.41, 5.74) is 4.89. The van der Waals surface area contributed by atoms with E-state index >= 15 is 0 Å². The number of nitrogens with zero attached hydrogens (tertiary/aromatic N) is 6. The number of nitrogen functional groups attached to an aromatic ring is 1. The molecule has 0 saturated carbocycles. The smallest absolute Gasteiger partial charge is 0.744 e. The van der Waals surface area contributed by atoms with Gasteiger partial charge in [-0.05, 0) is 83.6 Å². The molecule has 28 heteroatoms. The molecule has 0 bridgehead atoms. The van der Waals surface area contributed by atoms with Crippen molar-refractivity contribution >= 4 is 123 Å². The van der Waals surface area contributed by atoms with Gasteiger partial charge in [-0.25, -0.2) is 33.7 Å². The quantitative estimate of drug-likeness (QED) is 0.0581. The van der Waals surface area contributed by atoms with Crippen LogP contribution in [0.25, 0.3) is 43.1 Å². The first-order valence-electron chi connectivity index (χ1n) is 17.9. The molecule has 0 saturated heterocycles. The van der Waals surface area contributed by atoms with Gasteiger partial charge in [0.1, 0.15) is 57.5 Å². The van der Waals surface area contributed by atoms with Gasteiger partial charge in [-0.1, -0.05) is 48.5 Å². The number of rotatable bonds is 10. The topological polar surface area (TPSA) is 349 Å². The molecule has 0 aliphatic carbocycles. The Morgan fingerprint density at radius 1 is 0.397 bits per heavy atom. The number of hydrogen-bond donors (Lipinski definition) is 2. The van der Waals surface area contributed by atoms with Crippen LogP contribution in [-0.4, -0.2) is 57.0 Å². The van der Waals surface area contributed by atoms with Crippen LogP contribution in [0.4, 0.5) is 39.8 Å². The van der Waals surface area contributed by atoms with Gasteiger partial charge in [0.05, 0.1) is 36.6 Å². The maximum Gasteiger partial charge on any atom is 1.00 e. The van der Waals surface area contributed by atoms with Crippen LogP contribution >= 0.6 is 0 Å². The molecule has 8 rings (SSSR count). The van der Waals surface area contributed by atoms with Gasteiger partial charge in [0.15, 0.2) is 5.75 Å². The molecule has 0 aliphatic rings. The molecule has 68 heavy (non-hydrogen) atoms. The van der Waals surface area contributed by atoms with Crippen molar-refractivity contribution in [1.29, 1.82) is 0 Å². The van der Waals surface area contributed by atoms with Crippen LogP contribution in [0.1, 0.15) is 0 Å². The van der Waals surface area contributed by atoms with Crippen LogP contribution in [0.5, 0.6) is 5.75 Å². The molecule has 0 heterocycles. The third kappa shape index (κ3) is 12.1. The third-order valence-electron chi connectivity index (χ3n) is 9.68. The Morgan fingerprint density at radius 2 is 0.971 bits per heavy atom. The molecule has 0 amide bonds. The van der Waals surface area contributed by atoms with Crippen molar-refractivity contribution in [2.45, 2.75) is 19.6 Å². The molecule has 20 nitrogen and oxygen atoms in total. The van der Waals surface area contributed by atoms with E-state index in [2.05, 4.69) is 30.7 Å². The number of aromatic hydroxyl groups is 1. The molecule has 0 spiro atoms. The van der Waals surface area contributed by atoms with Crippen molar-refractivity contribution in [2.75, 3.05) is 5.73 Å². The minimum absolute atomic E-state index is 0. The third-order valence-corrected chi connectivity index (χ3v) is 13.1. The number of azo groups is 3. The van der Waals surface area contributed by atoms with Crippen molar-refractivity contribution in [3.05, 3.63) is 121 Å². The van der Waals surface area contributed by atoms with E-state index in [-0.39, 0.29) is 185 Å². The van der Waals surface area contributed by atoms with E-state index in [0.717, 1.165) is 48.5 Å². The molecule has 0 aliphatic heterocycles. The van der Waals surface area contributed by atoms with Gasteiger partial charge in [-0.15, -0.1) is 25.6 Å². The summed E-state index contributed by atoms with van der Waals surface area (Å²) in [5.74, 6) is -0.729. The summed E-state index contributed by atoms with van der Waals surface area (Å²) in [4.78, 5) is -3.30. The number of phenols is 1. The van der Waals surface area contributed by atoms with Gasteiger partial charge in [0, 0.05) is 38.0 Å². The second-order valence-corrected chi connectivity index (χ2v) is 19.2. The van der Waals surface area contributed by atoms with E-state index in [0.29, 0.717) is 10.8 Å². The van der Waals surface area contributed by atoms with Crippen molar-refractivity contribution in [1.82, 2.24) is 0 Å². The SMILES string of the molecule is Nc1ccc2c(O)c(N=Nc3ccc(N=Nc4c(N=Nc5cc(S(=O)(=O)[O-])c6cccc(S(=O)(=O)[O-])c6c5)ccc5ccccc45)c4ccc(S(=O)(=O)[O-])cc34)c(S(=O)(=O)[O-])cc2c1.[Na+].[Na+].[Na+].[Na+]. The molecule has 3 N–H and O–H groups in total. The van der Waals surface area contributed by atoms with Gasteiger partial charge >= 0.3 is 118 Å². The van der Waals surface area contributed by atoms with E-state index < -0.39 is 71.5 Å². The average molecular weight is 1030 g/mol. The Hall–Kier alpha value is -3.16. The van der Waals surface area contributed by atoms with E-state index in [1.165, 1.54) is 42.5 Å². The van der Waals surface area contributed by atoms with Crippen LogP contribution in [0, 0.1) is 0 Å². The summed E-state index contributed by atoms with van der Waals surface area (Å²) in [7, 11) is -20.7. The van der Waals surface area contributed by atoms with E-state index in [4.69, 9.17) is 5.73 Å². The molecule has 324 valence electrons. The zero-order chi connectivity index (χ0) is 45.9. The van der Waals surface area contributed by atoms with E-state index in [9.17, 15) is 57.0 Å². The number of hydrogen-bond acceptors (Lipinski definition) is 20. The number of benzene rings is 8. The summed E-state index contributed by atoms with van der Waals surface area (Å²) in [5, 5.41) is 36.7. The monoisotopic (exact) mass is 1030 g/mol. The largest absolute Gasteiger partial charge is 1.00 e. The van der Waals surface area contributed by atoms with Gasteiger partial charge in [-0.2, -0.15) is 5.11 Å². The Morgan fingerprint density at radius 3 is 1.62 bits per heavy atom. The first-order chi connectivity index (χ1) is 30.1. The fraction of sp³-hybridized carbons (Fsp3) is 0. The van der Waals surface area contributed by atoms with Crippen molar-refractivity contribution in [3.8, 4) is 5.75 Å². The van der Waals surface area contributed by atoms with Crippen molar-refractivity contribution < 1.29 is 175 Å². The minimum Gasteiger partial charge on any atom is -0.744 e. The molecule has 8 aromatic carbocycles. The number of fused-ring (bicyclic) bond motifs is 4. The van der Waals surface area contributed by atoms with Crippen LogP contribution in [-0.2, 0) is 40.5 Å². The molecule has 8 aromatic rings.